The van der Waals surface area contributed by atoms with Gasteiger partial charge in [0, 0.05) is 12.5 Å². The summed E-state index contributed by atoms with van der Waals surface area (Å²) in [6, 6.07) is 17.3. The van der Waals surface area contributed by atoms with Gasteiger partial charge >= 0.3 is 6.16 Å². The molecular weight excluding hydrogens is 408 g/mol. The van der Waals surface area contributed by atoms with Crippen molar-refractivity contribution in [1.29, 1.82) is 0 Å². The van der Waals surface area contributed by atoms with Crippen molar-refractivity contribution >= 4 is 12.6 Å². The quantitative estimate of drug-likeness (QED) is 0.355. The highest BCUT2D eigenvalue weighted by molar-refractivity contribution is 5.61. The molecule has 0 saturated carbocycles. The van der Waals surface area contributed by atoms with Gasteiger partial charge in [0.1, 0.15) is 19.3 Å². The highest BCUT2D eigenvalue weighted by Gasteiger charge is 2.25. The van der Waals surface area contributed by atoms with Gasteiger partial charge in [0.05, 0.1) is 6.10 Å². The van der Waals surface area contributed by atoms with Gasteiger partial charge < -0.3 is 18.9 Å². The van der Waals surface area contributed by atoms with Gasteiger partial charge in [-0.15, -0.1) is 0 Å². The summed E-state index contributed by atoms with van der Waals surface area (Å²) >= 11 is 0. The molecule has 6 heteroatoms. The van der Waals surface area contributed by atoms with Crippen molar-refractivity contribution < 1.29 is 28.5 Å². The van der Waals surface area contributed by atoms with Gasteiger partial charge in [0.2, 0.25) is 0 Å². The van der Waals surface area contributed by atoms with Gasteiger partial charge in [-0.3, -0.25) is 4.79 Å². The second kappa shape index (κ2) is 11.1. The number of hydrogen-bond acceptors (Lipinski definition) is 6. The predicted octanol–water partition coefficient (Wildman–Crippen LogP) is 4.60. The minimum atomic E-state index is -0.566. The summed E-state index contributed by atoms with van der Waals surface area (Å²) in [4.78, 5) is 21.4. The molecule has 1 saturated heterocycles. The first kappa shape index (κ1) is 23.8. The summed E-state index contributed by atoms with van der Waals surface area (Å²) in [6.45, 7) is 5.53. The molecule has 0 radical (unpaired) electrons. The molecule has 0 amide bonds. The minimum absolute atomic E-state index is 0.0944. The summed E-state index contributed by atoms with van der Waals surface area (Å²) in [7, 11) is 1.63. The number of cyclic esters (lactones) is 2. The van der Waals surface area contributed by atoms with Gasteiger partial charge in [0.15, 0.2) is 0 Å². The van der Waals surface area contributed by atoms with Crippen molar-refractivity contribution in [3.05, 3.63) is 70.8 Å². The molecule has 6 nitrogen and oxygen atoms in total. The Balaban J connectivity index is 1.56. The fourth-order valence-electron chi connectivity index (χ4n) is 3.92. The van der Waals surface area contributed by atoms with Crippen LogP contribution in [0.4, 0.5) is 4.79 Å². The molecule has 1 aliphatic rings. The normalized spacial score (nSPS) is 16.8. The highest BCUT2D eigenvalue weighted by atomic mass is 16.8. The molecule has 172 valence electrons. The average molecular weight is 441 g/mol. The van der Waals surface area contributed by atoms with Crippen molar-refractivity contribution in [2.45, 2.75) is 57.2 Å². The van der Waals surface area contributed by atoms with Crippen LogP contribution in [0.15, 0.2) is 48.5 Å². The number of carbonyl (C=O) groups excluding carboxylic acids is 2. The van der Waals surface area contributed by atoms with Crippen molar-refractivity contribution in [3.8, 4) is 0 Å². The molecule has 0 N–H and O–H groups in total. The summed E-state index contributed by atoms with van der Waals surface area (Å²) in [5, 5.41) is 0. The number of ether oxygens (including phenoxy) is 4. The van der Waals surface area contributed by atoms with E-state index in [1.165, 1.54) is 22.3 Å². The number of benzene rings is 2. The number of rotatable bonds is 12. The Morgan fingerprint density at radius 1 is 1.03 bits per heavy atom. The molecule has 1 heterocycles. The molecule has 3 rings (SSSR count). The Morgan fingerprint density at radius 3 is 2.12 bits per heavy atom. The number of carbonyl (C=O) groups is 2. The molecule has 2 aromatic carbocycles. The summed E-state index contributed by atoms with van der Waals surface area (Å²) in [5.74, 6) is 0. The Hall–Kier alpha value is -2.86. The smallest absolute Gasteiger partial charge is 0.465 e. The molecular formula is C26H32O6. The van der Waals surface area contributed by atoms with E-state index in [-0.39, 0.29) is 24.2 Å². The van der Waals surface area contributed by atoms with Gasteiger partial charge in [-0.25, -0.2) is 4.79 Å². The molecule has 32 heavy (non-hydrogen) atoms. The zero-order valence-electron chi connectivity index (χ0n) is 19.0. The largest absolute Gasteiger partial charge is 0.508 e. The minimum Gasteiger partial charge on any atom is -0.465 e. The second-order valence-corrected chi connectivity index (χ2v) is 8.68. The molecule has 2 atom stereocenters. The van der Waals surface area contributed by atoms with Crippen LogP contribution in [-0.2, 0) is 42.0 Å². The first-order valence-electron chi connectivity index (χ1n) is 11.0. The van der Waals surface area contributed by atoms with E-state index in [4.69, 9.17) is 18.9 Å². The lowest BCUT2D eigenvalue weighted by molar-refractivity contribution is -0.132. The van der Waals surface area contributed by atoms with Crippen molar-refractivity contribution in [1.82, 2.24) is 0 Å². The fraction of sp³-hybridized carbons (Fsp3) is 0.462. The predicted molar refractivity (Wildman–Crippen MR) is 121 cm³/mol. The van der Waals surface area contributed by atoms with Crippen molar-refractivity contribution in [3.63, 3.8) is 0 Å². The van der Waals surface area contributed by atoms with E-state index in [2.05, 4.69) is 62.4 Å². The monoisotopic (exact) mass is 440 g/mol. The van der Waals surface area contributed by atoms with E-state index < -0.39 is 6.16 Å². The standard InChI is InChI=1S/C26H32O6/c1-26(2,21-10-4-19(5-11-21)8-14-23(29-3)16-30-18-27)22-12-6-20(7-13-22)9-15-24-17-31-25(28)32-24/h4-7,10-13,18,23-24H,8-9,14-17H2,1-3H3. The van der Waals surface area contributed by atoms with Gasteiger partial charge in [-0.2, -0.15) is 0 Å². The Labute approximate surface area is 189 Å². The Morgan fingerprint density at radius 2 is 1.62 bits per heavy atom. The molecule has 1 fully saturated rings. The van der Waals surface area contributed by atoms with Gasteiger partial charge in [0.25, 0.3) is 6.47 Å². The lowest BCUT2D eigenvalue weighted by Crippen LogP contribution is -2.20. The van der Waals surface area contributed by atoms with E-state index >= 15 is 0 Å². The average Bonchev–Trinajstić information content (AvgIpc) is 3.23. The van der Waals surface area contributed by atoms with Crippen LogP contribution in [0, 0.1) is 0 Å². The number of methoxy groups -OCH3 is 1. The lowest BCUT2D eigenvalue weighted by Gasteiger charge is -2.26. The third-order valence-corrected chi connectivity index (χ3v) is 6.19. The van der Waals surface area contributed by atoms with Crippen LogP contribution in [0.5, 0.6) is 0 Å². The highest BCUT2D eigenvalue weighted by Crippen LogP contribution is 2.32. The Bertz CT molecular complexity index is 872. The first-order valence-corrected chi connectivity index (χ1v) is 11.0. The lowest BCUT2D eigenvalue weighted by atomic mass is 9.77. The summed E-state index contributed by atoms with van der Waals surface area (Å²) < 4.78 is 20.1. The van der Waals surface area contributed by atoms with Crippen LogP contribution >= 0.6 is 0 Å². The molecule has 1 aliphatic heterocycles. The molecule has 0 aliphatic carbocycles. The van der Waals surface area contributed by atoms with E-state index in [1.807, 2.05) is 0 Å². The third kappa shape index (κ3) is 6.33. The van der Waals surface area contributed by atoms with Crippen LogP contribution in [0.25, 0.3) is 0 Å². The van der Waals surface area contributed by atoms with Crippen LogP contribution in [0.2, 0.25) is 0 Å². The Kier molecular flexibility index (Phi) is 8.28. The zero-order valence-corrected chi connectivity index (χ0v) is 19.0. The van der Waals surface area contributed by atoms with Crippen LogP contribution in [0.1, 0.15) is 48.9 Å². The van der Waals surface area contributed by atoms with E-state index in [0.717, 1.165) is 25.7 Å². The number of aryl methyl sites for hydroxylation is 2. The molecule has 2 unspecified atom stereocenters. The van der Waals surface area contributed by atoms with E-state index in [9.17, 15) is 9.59 Å². The molecule has 0 spiro atoms. The number of hydrogen-bond donors (Lipinski definition) is 0. The van der Waals surface area contributed by atoms with Crippen molar-refractivity contribution in [2.24, 2.45) is 0 Å². The molecule has 2 aromatic rings. The maximum Gasteiger partial charge on any atom is 0.508 e. The van der Waals surface area contributed by atoms with Crippen LogP contribution < -0.4 is 0 Å². The van der Waals surface area contributed by atoms with Crippen LogP contribution in [-0.4, -0.2) is 45.2 Å². The van der Waals surface area contributed by atoms with E-state index in [0.29, 0.717) is 13.1 Å². The fourth-order valence-corrected chi connectivity index (χ4v) is 3.92. The maximum absolute atomic E-state index is 11.0. The first-order chi connectivity index (χ1) is 15.4. The maximum atomic E-state index is 11.0. The SMILES string of the molecule is COC(CCc1ccc(C(C)(C)c2ccc(CCC3COC(=O)O3)cc2)cc1)COC=O. The molecule has 0 bridgehead atoms. The topological polar surface area (TPSA) is 71.1 Å². The second-order valence-electron chi connectivity index (χ2n) is 8.68. The molecule has 0 aromatic heterocycles. The van der Waals surface area contributed by atoms with Crippen molar-refractivity contribution in [2.75, 3.05) is 20.3 Å². The summed E-state index contributed by atoms with van der Waals surface area (Å²) in [6.07, 6.45) is 2.46. The van der Waals surface area contributed by atoms with Gasteiger partial charge in [-0.1, -0.05) is 62.4 Å². The van der Waals surface area contributed by atoms with Crippen LogP contribution in [0.3, 0.4) is 0 Å². The third-order valence-electron chi connectivity index (χ3n) is 6.19. The van der Waals surface area contributed by atoms with E-state index in [1.54, 1.807) is 7.11 Å². The summed E-state index contributed by atoms with van der Waals surface area (Å²) in [5.41, 5.74) is 4.81. The zero-order chi connectivity index (χ0) is 23.0. The van der Waals surface area contributed by atoms with Gasteiger partial charge in [-0.05, 0) is 47.9 Å².